The molecule has 82 valence electrons. The van der Waals surface area contributed by atoms with Crippen LogP contribution in [0.4, 0.5) is 0 Å². The Kier molecular flexibility index (Phi) is 4.39. The molecule has 1 saturated heterocycles. The predicted octanol–water partition coefficient (Wildman–Crippen LogP) is 1.23. The molecule has 0 radical (unpaired) electrons. The number of nitrogens with two attached hydrogens (primary N) is 1. The van der Waals surface area contributed by atoms with Gasteiger partial charge in [-0.05, 0) is 31.2 Å². The number of rotatable bonds is 2. The van der Waals surface area contributed by atoms with Gasteiger partial charge in [-0.1, -0.05) is 13.3 Å². The highest BCUT2D eigenvalue weighted by Crippen LogP contribution is 2.22. The summed E-state index contributed by atoms with van der Waals surface area (Å²) in [7, 11) is 0. The molecule has 3 heteroatoms. The zero-order valence-electron chi connectivity index (χ0n) is 9.33. The van der Waals surface area contributed by atoms with Crippen molar-refractivity contribution in [2.45, 2.75) is 33.1 Å². The normalized spacial score (nSPS) is 25.6. The monoisotopic (exact) mass is 198 g/mol. The Labute approximate surface area is 86.6 Å². The van der Waals surface area contributed by atoms with E-state index < -0.39 is 0 Å². The van der Waals surface area contributed by atoms with Gasteiger partial charge < -0.3 is 10.6 Å². The number of likely N-dealkylation sites (tertiary alicyclic amines) is 1. The summed E-state index contributed by atoms with van der Waals surface area (Å²) in [5.41, 5.74) is 5.67. The summed E-state index contributed by atoms with van der Waals surface area (Å²) in [6.07, 6.45) is 3.61. The zero-order chi connectivity index (χ0) is 10.6. The van der Waals surface area contributed by atoms with Crippen LogP contribution in [-0.4, -0.2) is 30.4 Å². The lowest BCUT2D eigenvalue weighted by atomic mass is 9.90. The van der Waals surface area contributed by atoms with E-state index in [1.165, 1.54) is 12.8 Å². The van der Waals surface area contributed by atoms with Crippen molar-refractivity contribution in [1.29, 1.82) is 0 Å². The van der Waals surface area contributed by atoms with Gasteiger partial charge in [0.05, 0.1) is 0 Å². The molecule has 0 aromatic carbocycles. The predicted molar refractivity (Wildman–Crippen MR) is 57.8 cm³/mol. The van der Waals surface area contributed by atoms with Crippen molar-refractivity contribution in [2.24, 2.45) is 17.6 Å². The highest BCUT2D eigenvalue weighted by atomic mass is 16.2. The maximum absolute atomic E-state index is 11.3. The van der Waals surface area contributed by atoms with Crippen LogP contribution in [0.1, 0.15) is 33.1 Å². The molecule has 0 spiro atoms. The minimum absolute atomic E-state index is 0.209. The third kappa shape index (κ3) is 2.98. The molecule has 0 saturated carbocycles. The van der Waals surface area contributed by atoms with Crippen molar-refractivity contribution in [1.82, 2.24) is 4.90 Å². The highest BCUT2D eigenvalue weighted by Gasteiger charge is 2.23. The van der Waals surface area contributed by atoms with E-state index in [1.807, 2.05) is 4.90 Å². The summed E-state index contributed by atoms with van der Waals surface area (Å²) in [5.74, 6) is 1.35. The minimum atomic E-state index is 0.209. The van der Waals surface area contributed by atoms with Gasteiger partial charge >= 0.3 is 0 Å². The molecule has 1 amide bonds. The van der Waals surface area contributed by atoms with Crippen molar-refractivity contribution >= 4 is 5.91 Å². The molecule has 0 aromatic rings. The smallest absolute Gasteiger partial charge is 0.219 e. The number of carbonyl (C=O) groups is 1. The average molecular weight is 198 g/mol. The standard InChI is InChI=1S/C11H22N2O/c1-9(7-12)11-5-3-4-6-13(8-11)10(2)14/h9,11H,3-8,12H2,1-2H3. The van der Waals surface area contributed by atoms with Crippen LogP contribution < -0.4 is 5.73 Å². The van der Waals surface area contributed by atoms with Gasteiger partial charge in [-0.25, -0.2) is 0 Å². The van der Waals surface area contributed by atoms with Gasteiger partial charge in [-0.15, -0.1) is 0 Å². The average Bonchev–Trinajstić information content (AvgIpc) is 2.41. The van der Waals surface area contributed by atoms with Crippen molar-refractivity contribution in [3.63, 3.8) is 0 Å². The van der Waals surface area contributed by atoms with Crippen LogP contribution in [0.2, 0.25) is 0 Å². The molecule has 2 unspecified atom stereocenters. The number of carbonyl (C=O) groups excluding carboxylic acids is 1. The van der Waals surface area contributed by atoms with Gasteiger partial charge in [0.25, 0.3) is 0 Å². The summed E-state index contributed by atoms with van der Waals surface area (Å²) < 4.78 is 0. The van der Waals surface area contributed by atoms with Gasteiger partial charge in [-0.3, -0.25) is 4.79 Å². The molecule has 2 N–H and O–H groups in total. The topological polar surface area (TPSA) is 46.3 Å². The van der Waals surface area contributed by atoms with E-state index in [2.05, 4.69) is 6.92 Å². The van der Waals surface area contributed by atoms with E-state index in [0.29, 0.717) is 11.8 Å². The zero-order valence-corrected chi connectivity index (χ0v) is 9.33. The molecule has 14 heavy (non-hydrogen) atoms. The number of hydrogen-bond acceptors (Lipinski definition) is 2. The molecule has 3 nitrogen and oxygen atoms in total. The van der Waals surface area contributed by atoms with Gasteiger partial charge in [0, 0.05) is 20.0 Å². The molecular weight excluding hydrogens is 176 g/mol. The van der Waals surface area contributed by atoms with Crippen LogP contribution >= 0.6 is 0 Å². The SMILES string of the molecule is CC(=O)N1CCCCC(C(C)CN)C1. The Morgan fingerprint density at radius 2 is 2.29 bits per heavy atom. The fourth-order valence-electron chi connectivity index (χ4n) is 2.12. The molecule has 0 bridgehead atoms. The Balaban J connectivity index is 2.55. The third-order valence-electron chi connectivity index (χ3n) is 3.33. The van der Waals surface area contributed by atoms with Gasteiger partial charge in [0.1, 0.15) is 0 Å². The molecule has 0 aliphatic carbocycles. The molecule has 2 atom stereocenters. The maximum atomic E-state index is 11.3. The van der Waals surface area contributed by atoms with Crippen LogP contribution in [-0.2, 0) is 4.79 Å². The second-order valence-electron chi connectivity index (χ2n) is 4.43. The summed E-state index contributed by atoms with van der Waals surface area (Å²) in [6, 6.07) is 0. The molecule has 1 aliphatic rings. The van der Waals surface area contributed by atoms with Crippen molar-refractivity contribution in [3.05, 3.63) is 0 Å². The van der Waals surface area contributed by atoms with Gasteiger partial charge in [-0.2, -0.15) is 0 Å². The maximum Gasteiger partial charge on any atom is 0.219 e. The van der Waals surface area contributed by atoms with E-state index in [9.17, 15) is 4.79 Å². The Morgan fingerprint density at radius 1 is 1.57 bits per heavy atom. The van der Waals surface area contributed by atoms with Crippen LogP contribution in [0, 0.1) is 11.8 Å². The largest absolute Gasteiger partial charge is 0.343 e. The second kappa shape index (κ2) is 5.35. The Bertz CT molecular complexity index is 194. The third-order valence-corrected chi connectivity index (χ3v) is 3.33. The highest BCUT2D eigenvalue weighted by molar-refractivity contribution is 5.73. The lowest BCUT2D eigenvalue weighted by Crippen LogP contribution is -2.36. The molecule has 1 rings (SSSR count). The number of hydrogen-bond donors (Lipinski definition) is 1. The van der Waals surface area contributed by atoms with E-state index in [-0.39, 0.29) is 5.91 Å². The van der Waals surface area contributed by atoms with Gasteiger partial charge in [0.2, 0.25) is 5.91 Å². The van der Waals surface area contributed by atoms with Crippen molar-refractivity contribution < 1.29 is 4.79 Å². The summed E-state index contributed by atoms with van der Waals surface area (Å²) in [4.78, 5) is 13.3. The molecular formula is C11H22N2O. The number of nitrogens with zero attached hydrogens (tertiary/aromatic N) is 1. The van der Waals surface area contributed by atoms with E-state index in [1.54, 1.807) is 6.92 Å². The van der Waals surface area contributed by atoms with E-state index in [4.69, 9.17) is 5.73 Å². The summed E-state index contributed by atoms with van der Waals surface area (Å²) in [5, 5.41) is 0. The minimum Gasteiger partial charge on any atom is -0.343 e. The quantitative estimate of drug-likeness (QED) is 0.725. The van der Waals surface area contributed by atoms with Crippen LogP contribution in [0.5, 0.6) is 0 Å². The van der Waals surface area contributed by atoms with Crippen LogP contribution in [0.25, 0.3) is 0 Å². The fraction of sp³-hybridized carbons (Fsp3) is 0.909. The Hall–Kier alpha value is -0.570. The molecule has 1 fully saturated rings. The second-order valence-corrected chi connectivity index (χ2v) is 4.43. The fourth-order valence-corrected chi connectivity index (χ4v) is 2.12. The van der Waals surface area contributed by atoms with Gasteiger partial charge in [0.15, 0.2) is 0 Å². The Morgan fingerprint density at radius 3 is 2.86 bits per heavy atom. The number of amides is 1. The van der Waals surface area contributed by atoms with Crippen LogP contribution in [0.3, 0.4) is 0 Å². The first-order chi connectivity index (χ1) is 6.65. The molecule has 1 heterocycles. The summed E-state index contributed by atoms with van der Waals surface area (Å²) >= 11 is 0. The van der Waals surface area contributed by atoms with Crippen LogP contribution in [0.15, 0.2) is 0 Å². The lowest BCUT2D eigenvalue weighted by Gasteiger charge is -2.26. The molecule has 0 aromatic heterocycles. The lowest BCUT2D eigenvalue weighted by molar-refractivity contribution is -0.129. The van der Waals surface area contributed by atoms with Crippen molar-refractivity contribution in [3.8, 4) is 0 Å². The first kappa shape index (κ1) is 11.5. The first-order valence-electron chi connectivity index (χ1n) is 5.60. The van der Waals surface area contributed by atoms with E-state index in [0.717, 1.165) is 26.1 Å². The molecule has 1 aliphatic heterocycles. The first-order valence-corrected chi connectivity index (χ1v) is 5.60. The van der Waals surface area contributed by atoms with Crippen molar-refractivity contribution in [2.75, 3.05) is 19.6 Å². The van der Waals surface area contributed by atoms with E-state index >= 15 is 0 Å². The summed E-state index contributed by atoms with van der Waals surface area (Å²) in [6.45, 7) is 6.43.